The van der Waals surface area contributed by atoms with Gasteiger partial charge in [0.05, 0.1) is 11.2 Å². The zero-order valence-corrected chi connectivity index (χ0v) is 22.1. The monoisotopic (exact) mass is 564 g/mol. The summed E-state index contributed by atoms with van der Waals surface area (Å²) in [7, 11) is -4.16. The standard InChI is InChI=1S/C26H24N6O7S/c1-26(2)38-18-19(24(34)31-40(35,36)16-11-7-4-8-12-16)37-25(20(18)39-26)32-14-29-17-21(27-13-28-22(17)32)30-23(33)15-9-5-3-6-10-15/h3-14,18-20,25H,1-2H3,(H,31,34)(H,27,28,30,33)/t18-,19+,20-,25-/m1/s1. The van der Waals surface area contributed by atoms with Gasteiger partial charge in [-0.1, -0.05) is 36.4 Å². The van der Waals surface area contributed by atoms with Crippen molar-refractivity contribution in [1.82, 2.24) is 24.2 Å². The number of aromatic nitrogens is 4. The second-order valence-corrected chi connectivity index (χ2v) is 11.3. The molecule has 0 saturated carbocycles. The molecule has 40 heavy (non-hydrogen) atoms. The van der Waals surface area contributed by atoms with Gasteiger partial charge < -0.3 is 19.5 Å². The average molecular weight is 565 g/mol. The molecule has 4 aromatic rings. The van der Waals surface area contributed by atoms with Crippen molar-refractivity contribution >= 4 is 38.8 Å². The summed E-state index contributed by atoms with van der Waals surface area (Å²) in [5.74, 6) is -2.18. The van der Waals surface area contributed by atoms with Gasteiger partial charge in [0.1, 0.15) is 18.5 Å². The predicted molar refractivity (Wildman–Crippen MR) is 139 cm³/mol. The van der Waals surface area contributed by atoms with Crippen LogP contribution in [0, 0.1) is 0 Å². The van der Waals surface area contributed by atoms with E-state index in [4.69, 9.17) is 14.2 Å². The molecule has 2 aliphatic rings. The predicted octanol–water partition coefficient (Wildman–Crippen LogP) is 2.00. The van der Waals surface area contributed by atoms with Crippen LogP contribution in [0.25, 0.3) is 11.2 Å². The van der Waals surface area contributed by atoms with Crippen molar-refractivity contribution in [3.63, 3.8) is 0 Å². The Kier molecular flexibility index (Phi) is 6.34. The van der Waals surface area contributed by atoms with E-state index in [9.17, 15) is 18.0 Å². The maximum Gasteiger partial charge on any atom is 0.265 e. The van der Waals surface area contributed by atoms with Crippen molar-refractivity contribution in [2.45, 2.75) is 49.1 Å². The van der Waals surface area contributed by atoms with Crippen molar-refractivity contribution in [2.24, 2.45) is 0 Å². The molecular weight excluding hydrogens is 540 g/mol. The quantitative estimate of drug-likeness (QED) is 0.354. The zero-order chi connectivity index (χ0) is 28.1. The Morgan fingerprint density at radius 3 is 2.33 bits per heavy atom. The van der Waals surface area contributed by atoms with Crippen molar-refractivity contribution in [1.29, 1.82) is 0 Å². The van der Waals surface area contributed by atoms with Crippen LogP contribution in [-0.4, -0.2) is 63.9 Å². The fraction of sp³-hybridized carbons (Fsp3) is 0.269. The van der Waals surface area contributed by atoms with Gasteiger partial charge in [-0.15, -0.1) is 0 Å². The number of carbonyl (C=O) groups excluding carboxylic acids is 2. The fourth-order valence-electron chi connectivity index (χ4n) is 4.76. The fourth-order valence-corrected chi connectivity index (χ4v) is 5.77. The van der Waals surface area contributed by atoms with Crippen LogP contribution in [0.5, 0.6) is 0 Å². The van der Waals surface area contributed by atoms with E-state index >= 15 is 0 Å². The highest BCUT2D eigenvalue weighted by Gasteiger charge is 2.58. The number of amides is 2. The van der Waals surface area contributed by atoms with Gasteiger partial charge >= 0.3 is 0 Å². The third-order valence-corrected chi connectivity index (χ3v) is 7.84. The van der Waals surface area contributed by atoms with Gasteiger partial charge in [-0.3, -0.25) is 14.2 Å². The highest BCUT2D eigenvalue weighted by molar-refractivity contribution is 7.90. The topological polar surface area (TPSA) is 164 Å². The number of imidazole rings is 1. The molecule has 0 radical (unpaired) electrons. The number of nitrogens with one attached hydrogen (secondary N) is 2. The van der Waals surface area contributed by atoms with Gasteiger partial charge in [-0.25, -0.2) is 28.1 Å². The third-order valence-electron chi connectivity index (χ3n) is 6.48. The first-order chi connectivity index (χ1) is 19.1. The molecule has 2 saturated heterocycles. The summed E-state index contributed by atoms with van der Waals surface area (Å²) in [6, 6.07) is 16.2. The molecule has 4 heterocycles. The SMILES string of the molecule is CC1(C)O[C@@H]2[C@H](O1)[C@@H](C(=O)NS(=O)(=O)c1ccccc1)O[C@H]2n1cnc2c(NC(=O)c3ccccc3)ncnc21. The Bertz CT molecular complexity index is 1690. The number of rotatable bonds is 6. The van der Waals surface area contributed by atoms with Gasteiger partial charge in [0.25, 0.3) is 21.8 Å². The van der Waals surface area contributed by atoms with Crippen LogP contribution in [0.15, 0.2) is 78.2 Å². The Morgan fingerprint density at radius 1 is 0.925 bits per heavy atom. The first-order valence-electron chi connectivity index (χ1n) is 12.3. The number of carbonyl (C=O) groups is 2. The summed E-state index contributed by atoms with van der Waals surface area (Å²) in [6.07, 6.45) is -1.33. The van der Waals surface area contributed by atoms with E-state index in [1.54, 1.807) is 62.4 Å². The first kappa shape index (κ1) is 26.0. The Morgan fingerprint density at radius 2 is 1.60 bits per heavy atom. The number of ether oxygens (including phenoxy) is 3. The lowest BCUT2D eigenvalue weighted by Crippen LogP contribution is -2.45. The number of nitrogens with zero attached hydrogens (tertiary/aromatic N) is 4. The molecular formula is C26H24N6O7S. The van der Waals surface area contributed by atoms with E-state index in [-0.39, 0.29) is 22.1 Å². The molecule has 0 aliphatic carbocycles. The largest absolute Gasteiger partial charge is 0.341 e. The lowest BCUT2D eigenvalue weighted by Gasteiger charge is -2.24. The van der Waals surface area contributed by atoms with Crippen molar-refractivity contribution in [3.05, 3.63) is 78.9 Å². The van der Waals surface area contributed by atoms with E-state index in [0.29, 0.717) is 11.2 Å². The summed E-state index contributed by atoms with van der Waals surface area (Å²) in [5.41, 5.74) is 1.02. The number of hydrogen-bond acceptors (Lipinski definition) is 10. The van der Waals surface area contributed by atoms with Gasteiger partial charge in [0, 0.05) is 5.56 Å². The molecule has 2 aromatic carbocycles. The maximum atomic E-state index is 13.2. The van der Waals surface area contributed by atoms with Crippen LogP contribution in [0.1, 0.15) is 30.4 Å². The Hall–Kier alpha value is -4.24. The second kappa shape index (κ2) is 9.75. The average Bonchev–Trinajstić information content (AvgIpc) is 3.60. The Balaban J connectivity index is 1.29. The number of anilines is 1. The maximum absolute atomic E-state index is 13.2. The number of fused-ring (bicyclic) bond motifs is 2. The van der Waals surface area contributed by atoms with Crippen LogP contribution in [-0.2, 0) is 29.0 Å². The molecule has 0 bridgehead atoms. The minimum atomic E-state index is -4.16. The molecule has 206 valence electrons. The molecule has 14 heteroatoms. The normalized spacial score (nSPS) is 23.6. The van der Waals surface area contributed by atoms with Crippen LogP contribution in [0.3, 0.4) is 0 Å². The molecule has 2 aliphatic heterocycles. The van der Waals surface area contributed by atoms with Gasteiger partial charge in [0.15, 0.2) is 35.1 Å². The van der Waals surface area contributed by atoms with Gasteiger partial charge in [-0.2, -0.15) is 0 Å². The van der Waals surface area contributed by atoms with E-state index in [2.05, 4.69) is 25.0 Å². The highest BCUT2D eigenvalue weighted by atomic mass is 32.2. The smallest absolute Gasteiger partial charge is 0.265 e. The molecule has 0 unspecified atom stereocenters. The lowest BCUT2D eigenvalue weighted by atomic mass is 10.1. The minimum absolute atomic E-state index is 0.0688. The lowest BCUT2D eigenvalue weighted by molar-refractivity contribution is -0.197. The third kappa shape index (κ3) is 4.70. The van der Waals surface area contributed by atoms with E-state index in [1.165, 1.54) is 29.4 Å². The van der Waals surface area contributed by atoms with E-state index in [0.717, 1.165) is 0 Å². The van der Waals surface area contributed by atoms with Crippen LogP contribution >= 0.6 is 0 Å². The summed E-state index contributed by atoms with van der Waals surface area (Å²) < 4.78 is 47.3. The molecule has 0 spiro atoms. The highest BCUT2D eigenvalue weighted by Crippen LogP contribution is 2.44. The van der Waals surface area contributed by atoms with Crippen molar-refractivity contribution in [3.8, 4) is 0 Å². The minimum Gasteiger partial charge on any atom is -0.341 e. The molecule has 2 fully saturated rings. The number of hydrogen-bond donors (Lipinski definition) is 2. The first-order valence-corrected chi connectivity index (χ1v) is 13.8. The van der Waals surface area contributed by atoms with Gasteiger partial charge in [-0.05, 0) is 38.1 Å². The second-order valence-electron chi connectivity index (χ2n) is 9.66. The van der Waals surface area contributed by atoms with Crippen LogP contribution < -0.4 is 10.0 Å². The number of benzene rings is 2. The van der Waals surface area contributed by atoms with Crippen LogP contribution in [0.2, 0.25) is 0 Å². The molecule has 2 amide bonds. The Labute approximate surface area is 228 Å². The molecule has 2 N–H and O–H groups in total. The van der Waals surface area contributed by atoms with Crippen LogP contribution in [0.4, 0.5) is 5.82 Å². The molecule has 2 aromatic heterocycles. The summed E-state index contributed by atoms with van der Waals surface area (Å²) in [5, 5.41) is 2.74. The zero-order valence-electron chi connectivity index (χ0n) is 21.3. The number of sulfonamides is 1. The summed E-state index contributed by atoms with van der Waals surface area (Å²) in [6.45, 7) is 3.37. The van der Waals surface area contributed by atoms with E-state index < -0.39 is 46.3 Å². The van der Waals surface area contributed by atoms with Gasteiger partial charge in [0.2, 0.25) is 0 Å². The van der Waals surface area contributed by atoms with E-state index in [1.807, 2.05) is 0 Å². The molecule has 4 atom stereocenters. The van der Waals surface area contributed by atoms with Crippen molar-refractivity contribution < 1.29 is 32.2 Å². The summed E-state index contributed by atoms with van der Waals surface area (Å²) >= 11 is 0. The molecule has 6 rings (SSSR count). The molecule has 13 nitrogen and oxygen atoms in total. The summed E-state index contributed by atoms with van der Waals surface area (Å²) in [4.78, 5) is 38.7. The van der Waals surface area contributed by atoms with Crippen molar-refractivity contribution in [2.75, 3.05) is 5.32 Å².